The van der Waals surface area contributed by atoms with Crippen LogP contribution in [0.5, 0.6) is 0 Å². The van der Waals surface area contributed by atoms with Crippen molar-refractivity contribution in [3.05, 3.63) is 50.6 Å². The summed E-state index contributed by atoms with van der Waals surface area (Å²) >= 11 is 5.20. The van der Waals surface area contributed by atoms with Crippen molar-refractivity contribution in [3.63, 3.8) is 0 Å². The molecule has 1 amide bonds. The summed E-state index contributed by atoms with van der Waals surface area (Å²) in [7, 11) is 0. The summed E-state index contributed by atoms with van der Waals surface area (Å²) in [5.41, 5.74) is 1.98. The van der Waals surface area contributed by atoms with Crippen LogP contribution in [0.2, 0.25) is 0 Å². The molecular weight excluding hydrogens is 348 g/mol. The van der Waals surface area contributed by atoms with Crippen LogP contribution in [0.25, 0.3) is 0 Å². The van der Waals surface area contributed by atoms with E-state index in [4.69, 9.17) is 0 Å². The Kier molecular flexibility index (Phi) is 5.96. The first kappa shape index (κ1) is 16.2. The molecule has 1 aromatic carbocycles. The van der Waals surface area contributed by atoms with Crippen LogP contribution in [0, 0.1) is 6.92 Å². The van der Waals surface area contributed by atoms with Crippen molar-refractivity contribution in [2.75, 3.05) is 18.4 Å². The molecule has 0 saturated carbocycles. The summed E-state index contributed by atoms with van der Waals surface area (Å²) in [5.74, 6) is 0.0177. The van der Waals surface area contributed by atoms with E-state index in [0.717, 1.165) is 28.8 Å². The molecule has 1 aromatic heterocycles. The van der Waals surface area contributed by atoms with Crippen molar-refractivity contribution in [3.8, 4) is 0 Å². The third-order valence-electron chi connectivity index (χ3n) is 3.23. The normalized spacial score (nSPS) is 10.9. The lowest BCUT2D eigenvalue weighted by Crippen LogP contribution is -2.32. The molecule has 2 rings (SSSR count). The quantitative estimate of drug-likeness (QED) is 0.827. The summed E-state index contributed by atoms with van der Waals surface area (Å²) in [6.07, 6.45) is 0. The van der Waals surface area contributed by atoms with E-state index in [9.17, 15) is 4.79 Å². The average molecular weight is 367 g/mol. The third-order valence-corrected chi connectivity index (χ3v) is 4.95. The number of likely N-dealkylation sites (N-methyl/N-ethyl adjacent to an activating group) is 1. The number of aryl methyl sites for hydroxylation is 1. The topological polar surface area (TPSA) is 32.3 Å². The molecule has 0 radical (unpaired) electrons. The number of carbonyl (C=O) groups excluding carboxylic acids is 1. The number of amides is 1. The SMILES string of the molecule is CCN(CC(=O)Nc1ccc(C)c(Br)c1)Cc1cccs1. The minimum atomic E-state index is 0.0177. The number of hydrogen-bond acceptors (Lipinski definition) is 3. The van der Waals surface area contributed by atoms with E-state index >= 15 is 0 Å². The Morgan fingerprint density at radius 2 is 2.19 bits per heavy atom. The number of anilines is 1. The first-order valence-electron chi connectivity index (χ1n) is 6.89. The molecule has 0 atom stereocenters. The van der Waals surface area contributed by atoms with Gasteiger partial charge in [0.25, 0.3) is 0 Å². The number of benzene rings is 1. The van der Waals surface area contributed by atoms with Gasteiger partial charge in [0.1, 0.15) is 0 Å². The van der Waals surface area contributed by atoms with E-state index in [0.29, 0.717) is 6.54 Å². The summed E-state index contributed by atoms with van der Waals surface area (Å²) < 4.78 is 1.01. The fraction of sp³-hybridized carbons (Fsp3) is 0.312. The van der Waals surface area contributed by atoms with Gasteiger partial charge in [0.05, 0.1) is 6.54 Å². The van der Waals surface area contributed by atoms with E-state index in [-0.39, 0.29) is 5.91 Å². The van der Waals surface area contributed by atoms with Gasteiger partial charge < -0.3 is 5.32 Å². The lowest BCUT2D eigenvalue weighted by molar-refractivity contribution is -0.117. The van der Waals surface area contributed by atoms with Crippen LogP contribution in [0.1, 0.15) is 17.4 Å². The summed E-state index contributed by atoms with van der Waals surface area (Å²) in [6.45, 7) is 6.17. The highest BCUT2D eigenvalue weighted by atomic mass is 79.9. The lowest BCUT2D eigenvalue weighted by Gasteiger charge is -2.19. The van der Waals surface area contributed by atoms with Crippen molar-refractivity contribution >= 4 is 38.9 Å². The van der Waals surface area contributed by atoms with E-state index < -0.39 is 0 Å². The second-order valence-electron chi connectivity index (χ2n) is 4.89. The fourth-order valence-electron chi connectivity index (χ4n) is 1.98. The zero-order valence-electron chi connectivity index (χ0n) is 12.2. The maximum absolute atomic E-state index is 12.1. The predicted octanol–water partition coefficient (Wildman–Crippen LogP) is 4.28. The van der Waals surface area contributed by atoms with Gasteiger partial charge in [-0.3, -0.25) is 9.69 Å². The Morgan fingerprint density at radius 1 is 1.38 bits per heavy atom. The van der Waals surface area contributed by atoms with Gasteiger partial charge in [0.15, 0.2) is 0 Å². The maximum Gasteiger partial charge on any atom is 0.238 e. The van der Waals surface area contributed by atoms with Crippen LogP contribution in [-0.4, -0.2) is 23.9 Å². The fourth-order valence-corrected chi connectivity index (χ4v) is 3.10. The van der Waals surface area contributed by atoms with Gasteiger partial charge in [-0.05, 0) is 42.6 Å². The summed E-state index contributed by atoms with van der Waals surface area (Å²) in [4.78, 5) is 15.6. The molecule has 0 aliphatic rings. The van der Waals surface area contributed by atoms with Crippen molar-refractivity contribution < 1.29 is 4.79 Å². The van der Waals surface area contributed by atoms with Crippen LogP contribution in [0.4, 0.5) is 5.69 Å². The highest BCUT2D eigenvalue weighted by molar-refractivity contribution is 9.10. The molecule has 0 fully saturated rings. The minimum Gasteiger partial charge on any atom is -0.325 e. The number of thiophene rings is 1. The average Bonchev–Trinajstić information content (AvgIpc) is 2.95. The number of hydrogen-bond donors (Lipinski definition) is 1. The van der Waals surface area contributed by atoms with Crippen LogP contribution in [-0.2, 0) is 11.3 Å². The second kappa shape index (κ2) is 7.73. The zero-order chi connectivity index (χ0) is 15.2. The highest BCUT2D eigenvalue weighted by Gasteiger charge is 2.11. The molecule has 0 bridgehead atoms. The molecule has 0 unspecified atom stereocenters. The lowest BCUT2D eigenvalue weighted by atomic mass is 10.2. The van der Waals surface area contributed by atoms with E-state index in [2.05, 4.69) is 44.5 Å². The number of carbonyl (C=O) groups is 1. The van der Waals surface area contributed by atoms with Crippen LogP contribution < -0.4 is 5.32 Å². The summed E-state index contributed by atoms with van der Waals surface area (Å²) in [5, 5.41) is 5.01. The first-order chi connectivity index (χ1) is 10.1. The van der Waals surface area contributed by atoms with Gasteiger partial charge in [-0.2, -0.15) is 0 Å². The summed E-state index contributed by atoms with van der Waals surface area (Å²) in [6, 6.07) is 9.99. The molecule has 5 heteroatoms. The molecule has 1 heterocycles. The third kappa shape index (κ3) is 4.95. The molecule has 2 aromatic rings. The minimum absolute atomic E-state index is 0.0177. The maximum atomic E-state index is 12.1. The predicted molar refractivity (Wildman–Crippen MR) is 92.8 cm³/mol. The van der Waals surface area contributed by atoms with Crippen molar-refractivity contribution in [1.82, 2.24) is 4.90 Å². The molecule has 21 heavy (non-hydrogen) atoms. The molecule has 0 aliphatic carbocycles. The van der Waals surface area contributed by atoms with Gasteiger partial charge >= 0.3 is 0 Å². The second-order valence-corrected chi connectivity index (χ2v) is 6.78. The smallest absolute Gasteiger partial charge is 0.238 e. The van der Waals surface area contributed by atoms with Crippen molar-refractivity contribution in [2.45, 2.75) is 20.4 Å². The molecule has 0 spiro atoms. The number of halogens is 1. The Labute approximate surface area is 138 Å². The molecule has 1 N–H and O–H groups in total. The number of rotatable bonds is 6. The Bertz CT molecular complexity index is 598. The van der Waals surface area contributed by atoms with Gasteiger partial charge in [-0.15, -0.1) is 11.3 Å². The van der Waals surface area contributed by atoms with Crippen LogP contribution >= 0.6 is 27.3 Å². The van der Waals surface area contributed by atoms with Crippen molar-refractivity contribution in [2.24, 2.45) is 0 Å². The van der Waals surface area contributed by atoms with Gasteiger partial charge in [-0.1, -0.05) is 35.0 Å². The van der Waals surface area contributed by atoms with E-state index in [1.165, 1.54) is 4.88 Å². The Morgan fingerprint density at radius 3 is 2.81 bits per heavy atom. The number of nitrogens with zero attached hydrogens (tertiary/aromatic N) is 1. The van der Waals surface area contributed by atoms with Gasteiger partial charge in [0.2, 0.25) is 5.91 Å². The molecule has 112 valence electrons. The van der Waals surface area contributed by atoms with Crippen LogP contribution in [0.3, 0.4) is 0 Å². The van der Waals surface area contributed by atoms with Crippen molar-refractivity contribution in [1.29, 1.82) is 0 Å². The van der Waals surface area contributed by atoms with Gasteiger partial charge in [-0.25, -0.2) is 0 Å². The van der Waals surface area contributed by atoms with E-state index in [1.54, 1.807) is 11.3 Å². The standard InChI is InChI=1S/C16H19BrN2OS/c1-3-19(10-14-5-4-8-21-14)11-16(20)18-13-7-6-12(2)15(17)9-13/h4-9H,3,10-11H2,1-2H3,(H,18,20). The van der Waals surface area contributed by atoms with Crippen LogP contribution in [0.15, 0.2) is 40.2 Å². The first-order valence-corrected chi connectivity index (χ1v) is 8.56. The molecular formula is C16H19BrN2OS. The Balaban J connectivity index is 1.91. The van der Waals surface area contributed by atoms with Gasteiger partial charge in [0, 0.05) is 21.6 Å². The molecule has 3 nitrogen and oxygen atoms in total. The highest BCUT2D eigenvalue weighted by Crippen LogP contribution is 2.20. The monoisotopic (exact) mass is 366 g/mol. The Hall–Kier alpha value is -1.17. The largest absolute Gasteiger partial charge is 0.325 e. The number of nitrogens with one attached hydrogen (secondary N) is 1. The zero-order valence-corrected chi connectivity index (χ0v) is 14.6. The van der Waals surface area contributed by atoms with E-state index in [1.807, 2.05) is 31.2 Å². The molecule has 0 aliphatic heterocycles. The molecule has 0 saturated heterocycles.